The van der Waals surface area contributed by atoms with Crippen LogP contribution in [0.15, 0.2) is 72.9 Å². The molecule has 0 saturated heterocycles. The number of rotatable bonds is 46. The first kappa shape index (κ1) is 61.5. The van der Waals surface area contributed by atoms with Crippen molar-refractivity contribution in [3.8, 4) is 0 Å². The van der Waals surface area contributed by atoms with Crippen molar-refractivity contribution in [1.29, 1.82) is 0 Å². The number of allylic oxidation sites excluding steroid dienone is 12. The molecule has 0 aromatic heterocycles. The Kier molecular flexibility index (Phi) is 43.8. The Bertz CT molecular complexity index is 1310. The molecular formula is C54H97NO8P+. The van der Waals surface area contributed by atoms with Gasteiger partial charge >= 0.3 is 19.8 Å². The third-order valence-corrected chi connectivity index (χ3v) is 11.7. The Morgan fingerprint density at radius 1 is 0.500 bits per heavy atom. The van der Waals surface area contributed by atoms with Gasteiger partial charge in [-0.3, -0.25) is 18.6 Å². The van der Waals surface area contributed by atoms with E-state index in [0.717, 1.165) is 89.9 Å². The SMILES string of the molecule is CC/C=C\C/C=C\C/C=C\C/C=C\CCCCCCCCCCCCCCC(=O)OC(COC(=O)CCCCCCC/C=C\C/C=C\CCCCC)COP(=O)(O)OCC[N+](C)(C)C. The zero-order valence-corrected chi connectivity index (χ0v) is 42.6. The number of quaternary nitrogens is 1. The second-order valence-corrected chi connectivity index (χ2v) is 19.6. The highest BCUT2D eigenvalue weighted by molar-refractivity contribution is 7.47. The van der Waals surface area contributed by atoms with Crippen LogP contribution in [0.1, 0.15) is 206 Å². The van der Waals surface area contributed by atoms with Gasteiger partial charge in [-0.2, -0.15) is 0 Å². The number of likely N-dealkylation sites (N-methyl/N-ethyl adjacent to an activating group) is 1. The number of carbonyl (C=O) groups excluding carboxylic acids is 2. The number of carbonyl (C=O) groups is 2. The van der Waals surface area contributed by atoms with Gasteiger partial charge in [-0.15, -0.1) is 0 Å². The second-order valence-electron chi connectivity index (χ2n) is 18.2. The molecule has 9 nitrogen and oxygen atoms in total. The number of phosphoric acid groups is 1. The molecular weight excluding hydrogens is 822 g/mol. The van der Waals surface area contributed by atoms with Crippen molar-refractivity contribution in [3.63, 3.8) is 0 Å². The quantitative estimate of drug-likeness (QED) is 0.0211. The molecule has 0 aliphatic carbocycles. The van der Waals surface area contributed by atoms with Gasteiger partial charge in [0.2, 0.25) is 0 Å². The van der Waals surface area contributed by atoms with Crippen molar-refractivity contribution in [3.05, 3.63) is 72.9 Å². The van der Waals surface area contributed by atoms with E-state index in [2.05, 4.69) is 86.8 Å². The molecule has 0 aliphatic rings. The lowest BCUT2D eigenvalue weighted by Gasteiger charge is -2.24. The average Bonchev–Trinajstić information content (AvgIpc) is 3.25. The van der Waals surface area contributed by atoms with Gasteiger partial charge in [0.25, 0.3) is 0 Å². The zero-order valence-electron chi connectivity index (χ0n) is 41.7. The standard InChI is InChI=1S/C54H96NO8P/c1-6-8-10-12-14-16-18-20-22-23-24-25-26-27-28-29-30-31-33-35-37-39-41-43-45-47-54(57)63-52(51-62-64(58,59)61-49-48-55(3,4)5)50-60-53(56)46-44-42-40-38-36-34-32-21-19-17-15-13-11-9-7-2/h8,10,14-17,20-22,24-25,32,52H,6-7,9,11-13,18-19,23,26-31,33-51H2,1-5H3/p+1/b10-8-,16-14-,17-15-,22-20-,25-24-,32-21-. The van der Waals surface area contributed by atoms with E-state index in [1.807, 2.05) is 21.1 Å². The van der Waals surface area contributed by atoms with Gasteiger partial charge in [-0.05, 0) is 83.5 Å². The van der Waals surface area contributed by atoms with Crippen LogP contribution in [0.25, 0.3) is 0 Å². The molecule has 0 bridgehead atoms. The first-order valence-electron chi connectivity index (χ1n) is 25.7. The molecule has 0 fully saturated rings. The van der Waals surface area contributed by atoms with Gasteiger partial charge in [0.05, 0.1) is 27.7 Å². The molecule has 0 amide bonds. The summed E-state index contributed by atoms with van der Waals surface area (Å²) in [5, 5.41) is 0. The van der Waals surface area contributed by atoms with Crippen LogP contribution >= 0.6 is 7.82 Å². The summed E-state index contributed by atoms with van der Waals surface area (Å²) in [6.45, 7) is 4.27. The molecule has 1 N–H and O–H groups in total. The van der Waals surface area contributed by atoms with Crippen LogP contribution in [0.2, 0.25) is 0 Å². The lowest BCUT2D eigenvalue weighted by atomic mass is 10.0. The molecule has 0 saturated carbocycles. The van der Waals surface area contributed by atoms with E-state index in [1.54, 1.807) is 0 Å². The number of nitrogens with zero attached hydrogens (tertiary/aromatic N) is 1. The first-order chi connectivity index (χ1) is 31.0. The molecule has 0 aliphatic heterocycles. The lowest BCUT2D eigenvalue weighted by molar-refractivity contribution is -0.870. The predicted octanol–water partition coefficient (Wildman–Crippen LogP) is 15.4. The Morgan fingerprint density at radius 2 is 0.891 bits per heavy atom. The van der Waals surface area contributed by atoms with Crippen LogP contribution < -0.4 is 0 Å². The highest BCUT2D eigenvalue weighted by Gasteiger charge is 2.27. The molecule has 0 spiro atoms. The van der Waals surface area contributed by atoms with Gasteiger partial charge < -0.3 is 18.9 Å². The van der Waals surface area contributed by atoms with E-state index in [1.165, 1.54) is 83.5 Å². The molecule has 0 rings (SSSR count). The molecule has 10 heteroatoms. The van der Waals surface area contributed by atoms with Crippen molar-refractivity contribution in [1.82, 2.24) is 0 Å². The summed E-state index contributed by atoms with van der Waals surface area (Å²) in [6, 6.07) is 0. The summed E-state index contributed by atoms with van der Waals surface area (Å²) in [6.07, 6.45) is 58.1. The van der Waals surface area contributed by atoms with E-state index in [4.69, 9.17) is 18.5 Å². The van der Waals surface area contributed by atoms with Crippen LogP contribution in [-0.2, 0) is 32.7 Å². The number of ether oxygens (including phenoxy) is 2. The van der Waals surface area contributed by atoms with Crippen molar-refractivity contribution in [2.75, 3.05) is 47.5 Å². The van der Waals surface area contributed by atoms with E-state index in [0.29, 0.717) is 17.4 Å². The first-order valence-corrected chi connectivity index (χ1v) is 27.2. The summed E-state index contributed by atoms with van der Waals surface area (Å²) in [4.78, 5) is 35.5. The van der Waals surface area contributed by atoms with E-state index in [-0.39, 0.29) is 32.0 Å². The molecule has 0 aromatic carbocycles. The smallest absolute Gasteiger partial charge is 0.462 e. The predicted molar refractivity (Wildman–Crippen MR) is 270 cm³/mol. The molecule has 370 valence electrons. The van der Waals surface area contributed by atoms with Crippen LogP contribution in [0.3, 0.4) is 0 Å². The van der Waals surface area contributed by atoms with E-state index < -0.39 is 26.5 Å². The van der Waals surface area contributed by atoms with Gasteiger partial charge in [0.15, 0.2) is 6.10 Å². The van der Waals surface area contributed by atoms with Gasteiger partial charge in [-0.25, -0.2) is 4.57 Å². The minimum atomic E-state index is -4.39. The maximum atomic E-state index is 12.8. The number of esters is 2. The molecule has 2 unspecified atom stereocenters. The fraction of sp³-hybridized carbons (Fsp3) is 0.741. The summed E-state index contributed by atoms with van der Waals surface area (Å²) < 4.78 is 34.4. The highest BCUT2D eigenvalue weighted by atomic mass is 31.2. The lowest BCUT2D eigenvalue weighted by Crippen LogP contribution is -2.37. The summed E-state index contributed by atoms with van der Waals surface area (Å²) in [7, 11) is 1.46. The van der Waals surface area contributed by atoms with E-state index >= 15 is 0 Å². The van der Waals surface area contributed by atoms with Crippen molar-refractivity contribution >= 4 is 19.8 Å². The summed E-state index contributed by atoms with van der Waals surface area (Å²) in [5.41, 5.74) is 0. The van der Waals surface area contributed by atoms with Crippen molar-refractivity contribution < 1.29 is 42.1 Å². The van der Waals surface area contributed by atoms with Gasteiger partial charge in [0.1, 0.15) is 19.8 Å². The third kappa shape index (κ3) is 48.9. The van der Waals surface area contributed by atoms with E-state index in [9.17, 15) is 19.0 Å². The van der Waals surface area contributed by atoms with Crippen LogP contribution in [-0.4, -0.2) is 74.9 Å². The summed E-state index contributed by atoms with van der Waals surface area (Å²) in [5.74, 6) is -0.817. The third-order valence-electron chi connectivity index (χ3n) is 10.7. The summed E-state index contributed by atoms with van der Waals surface area (Å²) >= 11 is 0. The normalized spacial score (nSPS) is 14.0. The fourth-order valence-electron chi connectivity index (χ4n) is 6.74. The van der Waals surface area contributed by atoms with Crippen molar-refractivity contribution in [2.24, 2.45) is 0 Å². The monoisotopic (exact) mass is 919 g/mol. The molecule has 0 aromatic rings. The minimum Gasteiger partial charge on any atom is -0.462 e. The highest BCUT2D eigenvalue weighted by Crippen LogP contribution is 2.43. The Morgan fingerprint density at radius 3 is 1.33 bits per heavy atom. The minimum absolute atomic E-state index is 0.0263. The second kappa shape index (κ2) is 45.6. The largest absolute Gasteiger partial charge is 0.472 e. The topological polar surface area (TPSA) is 108 Å². The van der Waals surface area contributed by atoms with Crippen LogP contribution in [0, 0.1) is 0 Å². The average molecular weight is 919 g/mol. The maximum Gasteiger partial charge on any atom is 0.472 e. The number of unbranched alkanes of at least 4 members (excludes halogenated alkanes) is 20. The maximum absolute atomic E-state index is 12.8. The molecule has 64 heavy (non-hydrogen) atoms. The zero-order chi connectivity index (χ0) is 47.1. The Balaban J connectivity index is 4.23. The molecule has 0 heterocycles. The van der Waals surface area contributed by atoms with Gasteiger partial charge in [-0.1, -0.05) is 183 Å². The number of hydrogen-bond donors (Lipinski definition) is 1. The molecule has 2 atom stereocenters. The number of phosphoric ester groups is 1. The Labute approximate surface area is 393 Å². The van der Waals surface area contributed by atoms with Crippen LogP contribution in [0.4, 0.5) is 0 Å². The van der Waals surface area contributed by atoms with Crippen LogP contribution in [0.5, 0.6) is 0 Å². The van der Waals surface area contributed by atoms with Crippen molar-refractivity contribution in [2.45, 2.75) is 213 Å². The van der Waals surface area contributed by atoms with Gasteiger partial charge in [0, 0.05) is 12.8 Å². The Hall–Kier alpha value is -2.55. The fourth-order valence-corrected chi connectivity index (χ4v) is 7.48. The number of hydrogen-bond acceptors (Lipinski definition) is 7. The molecule has 0 radical (unpaired) electrons.